The van der Waals surface area contributed by atoms with Gasteiger partial charge in [0.15, 0.2) is 0 Å². The van der Waals surface area contributed by atoms with Crippen LogP contribution in [0.1, 0.15) is 5.56 Å². The summed E-state index contributed by atoms with van der Waals surface area (Å²) in [6.07, 6.45) is 1.66. The highest BCUT2D eigenvalue weighted by atomic mass is 16.6. The lowest BCUT2D eigenvalue weighted by atomic mass is 10.2. The first kappa shape index (κ1) is 7.03. The molecule has 1 aliphatic carbocycles. The van der Waals surface area contributed by atoms with E-state index in [0.717, 1.165) is 11.1 Å². The van der Waals surface area contributed by atoms with Crippen LogP contribution >= 0.6 is 0 Å². The molecule has 0 saturated heterocycles. The van der Waals surface area contributed by atoms with Gasteiger partial charge in [-0.25, -0.2) is 0 Å². The highest BCUT2D eigenvalue weighted by Crippen LogP contribution is 2.33. The van der Waals surface area contributed by atoms with Gasteiger partial charge < -0.3 is 0 Å². The third kappa shape index (κ3) is 1.09. The fraction of sp³-hybridized carbons (Fsp3) is 0.111. The van der Waals surface area contributed by atoms with Crippen LogP contribution in [-0.2, 0) is 0 Å². The summed E-state index contributed by atoms with van der Waals surface area (Å²) in [5.41, 5.74) is 1.79. The maximum absolute atomic E-state index is 10.3. The summed E-state index contributed by atoms with van der Waals surface area (Å²) in [5.74, 6) is 0. The summed E-state index contributed by atoms with van der Waals surface area (Å²) < 4.78 is 0. The van der Waals surface area contributed by atoms with E-state index in [9.17, 15) is 10.1 Å². The molecule has 1 aromatic carbocycles. The monoisotopic (exact) mass is 161 g/mol. The topological polar surface area (TPSA) is 43.1 Å². The van der Waals surface area contributed by atoms with Crippen molar-refractivity contribution < 1.29 is 4.92 Å². The second-order valence-electron chi connectivity index (χ2n) is 2.72. The highest BCUT2D eigenvalue weighted by molar-refractivity contribution is 5.82. The Morgan fingerprint density at radius 2 is 1.92 bits per heavy atom. The van der Waals surface area contributed by atoms with E-state index in [1.165, 1.54) is 0 Å². The lowest BCUT2D eigenvalue weighted by Gasteiger charge is -1.92. The Morgan fingerprint density at radius 3 is 2.42 bits per heavy atom. The van der Waals surface area contributed by atoms with E-state index in [2.05, 4.69) is 0 Å². The molecule has 2 rings (SSSR count). The van der Waals surface area contributed by atoms with Crippen LogP contribution in [0.5, 0.6) is 0 Å². The van der Waals surface area contributed by atoms with Gasteiger partial charge in [-0.3, -0.25) is 10.1 Å². The molecule has 0 bridgehead atoms. The zero-order chi connectivity index (χ0) is 8.55. The predicted octanol–water partition coefficient (Wildman–Crippen LogP) is 1.73. The van der Waals surface area contributed by atoms with Crippen molar-refractivity contribution >= 4 is 5.57 Å². The van der Waals surface area contributed by atoms with Gasteiger partial charge in [0.2, 0.25) is 0 Å². The molecule has 3 heteroatoms. The fourth-order valence-corrected chi connectivity index (χ4v) is 1.19. The van der Waals surface area contributed by atoms with Crippen LogP contribution in [0.25, 0.3) is 5.57 Å². The number of nitrogens with zero attached hydrogens (tertiary/aromatic N) is 1. The second-order valence-corrected chi connectivity index (χ2v) is 2.72. The molecule has 0 N–H and O–H groups in total. The Hall–Kier alpha value is -1.64. The summed E-state index contributed by atoms with van der Waals surface area (Å²) in [6, 6.07) is 8.89. The minimum atomic E-state index is -0.535. The van der Waals surface area contributed by atoms with E-state index in [4.69, 9.17) is 0 Å². The van der Waals surface area contributed by atoms with Crippen molar-refractivity contribution in [3.05, 3.63) is 52.1 Å². The molecule has 0 amide bonds. The van der Waals surface area contributed by atoms with Gasteiger partial charge in [-0.1, -0.05) is 30.3 Å². The molecule has 0 spiro atoms. The largest absolute Gasteiger partial charge is 0.264 e. The van der Waals surface area contributed by atoms with Crippen LogP contribution in [0.15, 0.2) is 36.4 Å². The molecule has 1 unspecified atom stereocenters. The first-order valence-corrected chi connectivity index (χ1v) is 3.69. The first-order chi connectivity index (χ1) is 5.79. The molecular formula is C9H7NO2. The van der Waals surface area contributed by atoms with Crippen molar-refractivity contribution in [2.45, 2.75) is 6.04 Å². The van der Waals surface area contributed by atoms with Crippen LogP contribution in [0.3, 0.4) is 0 Å². The summed E-state index contributed by atoms with van der Waals surface area (Å²) in [4.78, 5) is 10.0. The molecule has 12 heavy (non-hydrogen) atoms. The standard InChI is InChI=1S/C9H7NO2/c11-10(12)9-6-8(9)7-4-2-1-3-5-7/h1-6,9H. The average Bonchev–Trinajstić information content (AvgIpc) is 2.84. The van der Waals surface area contributed by atoms with Crippen molar-refractivity contribution in [1.82, 2.24) is 0 Å². The van der Waals surface area contributed by atoms with E-state index in [0.29, 0.717) is 0 Å². The van der Waals surface area contributed by atoms with Gasteiger partial charge in [0.1, 0.15) is 0 Å². The smallest absolute Gasteiger partial charge is 0.257 e. The molecule has 1 atom stereocenters. The van der Waals surface area contributed by atoms with Gasteiger partial charge in [-0.05, 0) is 5.56 Å². The van der Waals surface area contributed by atoms with Crippen LogP contribution < -0.4 is 0 Å². The molecule has 1 aliphatic rings. The van der Waals surface area contributed by atoms with E-state index >= 15 is 0 Å². The number of hydrogen-bond donors (Lipinski definition) is 0. The second kappa shape index (κ2) is 2.44. The maximum atomic E-state index is 10.3. The van der Waals surface area contributed by atoms with Gasteiger partial charge >= 0.3 is 0 Å². The zero-order valence-corrected chi connectivity index (χ0v) is 6.31. The van der Waals surface area contributed by atoms with Crippen molar-refractivity contribution in [2.24, 2.45) is 0 Å². The molecular weight excluding hydrogens is 154 g/mol. The molecule has 1 aromatic rings. The zero-order valence-electron chi connectivity index (χ0n) is 6.31. The van der Waals surface area contributed by atoms with Crippen molar-refractivity contribution in [2.75, 3.05) is 0 Å². The lowest BCUT2D eigenvalue weighted by molar-refractivity contribution is -0.484. The highest BCUT2D eigenvalue weighted by Gasteiger charge is 2.36. The fourth-order valence-electron chi connectivity index (χ4n) is 1.19. The predicted molar refractivity (Wildman–Crippen MR) is 45.2 cm³/mol. The maximum Gasteiger partial charge on any atom is 0.257 e. The summed E-state index contributed by atoms with van der Waals surface area (Å²) in [6.45, 7) is 0. The van der Waals surface area contributed by atoms with Crippen LogP contribution in [-0.4, -0.2) is 11.0 Å². The summed E-state index contributed by atoms with van der Waals surface area (Å²) >= 11 is 0. The van der Waals surface area contributed by atoms with Crippen molar-refractivity contribution in [3.63, 3.8) is 0 Å². The molecule has 0 radical (unpaired) electrons. The van der Waals surface area contributed by atoms with Crippen molar-refractivity contribution in [3.8, 4) is 0 Å². The van der Waals surface area contributed by atoms with E-state index < -0.39 is 6.04 Å². The van der Waals surface area contributed by atoms with E-state index in [1.54, 1.807) is 6.08 Å². The molecule has 0 fully saturated rings. The normalized spacial score (nSPS) is 20.0. The van der Waals surface area contributed by atoms with E-state index in [1.807, 2.05) is 30.3 Å². The summed E-state index contributed by atoms with van der Waals surface area (Å²) in [5, 5.41) is 10.3. The Kier molecular flexibility index (Phi) is 1.43. The van der Waals surface area contributed by atoms with Crippen LogP contribution in [0.4, 0.5) is 0 Å². The van der Waals surface area contributed by atoms with Gasteiger partial charge in [-0.2, -0.15) is 0 Å². The minimum absolute atomic E-state index is 0.275. The molecule has 0 aromatic heterocycles. The number of nitro groups is 1. The lowest BCUT2D eigenvalue weighted by Crippen LogP contribution is -2.03. The SMILES string of the molecule is O=[N+]([O-])C1C=C1c1ccccc1. The average molecular weight is 161 g/mol. The quantitative estimate of drug-likeness (QED) is 0.489. The van der Waals surface area contributed by atoms with Gasteiger partial charge in [-0.15, -0.1) is 0 Å². The third-order valence-electron chi connectivity index (χ3n) is 1.88. The Morgan fingerprint density at radius 1 is 1.25 bits per heavy atom. The Bertz CT molecular complexity index is 343. The van der Waals surface area contributed by atoms with Gasteiger partial charge in [0.25, 0.3) is 6.04 Å². The molecule has 0 aliphatic heterocycles. The number of rotatable bonds is 2. The number of benzene rings is 1. The number of hydrogen-bond acceptors (Lipinski definition) is 2. The molecule has 3 nitrogen and oxygen atoms in total. The van der Waals surface area contributed by atoms with Crippen LogP contribution in [0, 0.1) is 10.1 Å². The molecule has 60 valence electrons. The van der Waals surface area contributed by atoms with E-state index in [-0.39, 0.29) is 4.92 Å². The Balaban J connectivity index is 2.16. The first-order valence-electron chi connectivity index (χ1n) is 3.69. The minimum Gasteiger partial charge on any atom is -0.264 e. The van der Waals surface area contributed by atoms with Crippen LogP contribution in [0.2, 0.25) is 0 Å². The molecule has 0 heterocycles. The van der Waals surface area contributed by atoms with Gasteiger partial charge in [0, 0.05) is 16.6 Å². The Labute approximate surface area is 69.5 Å². The molecule has 0 saturated carbocycles. The third-order valence-corrected chi connectivity index (χ3v) is 1.88. The van der Waals surface area contributed by atoms with Gasteiger partial charge in [0.05, 0.1) is 0 Å². The van der Waals surface area contributed by atoms with Crippen molar-refractivity contribution in [1.29, 1.82) is 0 Å². The summed E-state index contributed by atoms with van der Waals surface area (Å²) in [7, 11) is 0.